The first-order chi connectivity index (χ1) is 21.1. The van der Waals surface area contributed by atoms with Gasteiger partial charge in [0.2, 0.25) is 5.95 Å². The molecule has 11 nitrogen and oxygen atoms in total. The van der Waals surface area contributed by atoms with Crippen LogP contribution in [0.15, 0.2) is 72.8 Å². The number of imidazole rings is 1. The van der Waals surface area contributed by atoms with Gasteiger partial charge in [-0.05, 0) is 48.2 Å². The van der Waals surface area contributed by atoms with Crippen molar-refractivity contribution in [1.82, 2.24) is 9.55 Å². The van der Waals surface area contributed by atoms with E-state index in [9.17, 15) is 15.3 Å². The second-order valence-corrected chi connectivity index (χ2v) is 10.3. The zero-order valence-electron chi connectivity index (χ0n) is 23.9. The number of rotatable bonds is 16. The smallest absolute Gasteiger partial charge is 0.206 e. The highest BCUT2D eigenvalue weighted by atomic mass is 16.6. The number of aliphatic hydroxyl groups is 4. The number of fused-ring (bicyclic) bond motifs is 1. The van der Waals surface area contributed by atoms with Gasteiger partial charge in [0.15, 0.2) is 17.7 Å². The van der Waals surface area contributed by atoms with Crippen molar-refractivity contribution in [1.29, 1.82) is 0 Å². The Bertz CT molecular complexity index is 1430. The summed E-state index contributed by atoms with van der Waals surface area (Å²) < 4.78 is 25.3. The second kappa shape index (κ2) is 15.1. The van der Waals surface area contributed by atoms with Gasteiger partial charge in [-0.15, -0.1) is 0 Å². The van der Waals surface area contributed by atoms with Crippen LogP contribution in [-0.2, 0) is 22.6 Å². The van der Waals surface area contributed by atoms with Crippen molar-refractivity contribution in [2.75, 3.05) is 38.4 Å². The summed E-state index contributed by atoms with van der Waals surface area (Å²) in [6, 6.07) is 23.1. The van der Waals surface area contributed by atoms with Crippen LogP contribution in [0.1, 0.15) is 30.2 Å². The van der Waals surface area contributed by atoms with Crippen molar-refractivity contribution >= 4 is 17.0 Å². The molecule has 1 aliphatic rings. The van der Waals surface area contributed by atoms with Crippen molar-refractivity contribution in [2.24, 2.45) is 0 Å². The molecule has 0 amide bonds. The molecule has 1 aliphatic heterocycles. The van der Waals surface area contributed by atoms with E-state index in [0.717, 1.165) is 11.1 Å². The Kier molecular flexibility index (Phi) is 10.8. The lowest BCUT2D eigenvalue weighted by Crippen LogP contribution is -2.33. The third kappa shape index (κ3) is 7.63. The summed E-state index contributed by atoms with van der Waals surface area (Å²) in [4.78, 5) is 4.70. The molecule has 1 saturated heterocycles. The van der Waals surface area contributed by atoms with Gasteiger partial charge < -0.3 is 44.7 Å². The molecule has 0 aliphatic carbocycles. The SMILES string of the molecule is OCCCCOc1cc(CNc2nc3ccccc3n2[C@@H]2O[C@H](CO)[C@@H](O)[C@H]2O)ccc1OCCOCc1ccccc1. The van der Waals surface area contributed by atoms with E-state index in [-0.39, 0.29) is 6.61 Å². The quantitative estimate of drug-likeness (QED) is 0.123. The fourth-order valence-electron chi connectivity index (χ4n) is 4.97. The second-order valence-electron chi connectivity index (χ2n) is 10.3. The molecular formula is C32H39N3O8. The first-order valence-corrected chi connectivity index (χ1v) is 14.5. The first kappa shape index (κ1) is 30.7. The van der Waals surface area contributed by atoms with Gasteiger partial charge in [0.25, 0.3) is 0 Å². The molecule has 5 N–H and O–H groups in total. The number of unbranched alkanes of at least 4 members (excludes halogenated alkanes) is 1. The molecule has 0 bridgehead atoms. The largest absolute Gasteiger partial charge is 0.490 e. The highest BCUT2D eigenvalue weighted by molar-refractivity contribution is 5.78. The van der Waals surface area contributed by atoms with Crippen LogP contribution in [0, 0.1) is 0 Å². The van der Waals surface area contributed by atoms with E-state index in [1.165, 1.54) is 0 Å². The highest BCUT2D eigenvalue weighted by Crippen LogP contribution is 2.35. The molecule has 11 heteroatoms. The van der Waals surface area contributed by atoms with Crippen LogP contribution in [0.25, 0.3) is 11.0 Å². The number of aliphatic hydroxyl groups excluding tert-OH is 4. The Hall–Kier alpha value is -3.71. The summed E-state index contributed by atoms with van der Waals surface area (Å²) in [5.74, 6) is 1.62. The molecule has 0 spiro atoms. The van der Waals surface area contributed by atoms with E-state index in [4.69, 9.17) is 29.0 Å². The molecule has 0 unspecified atom stereocenters. The minimum atomic E-state index is -1.25. The fraction of sp³-hybridized carbons (Fsp3) is 0.406. The van der Waals surface area contributed by atoms with Crippen LogP contribution in [0.2, 0.25) is 0 Å². The summed E-state index contributed by atoms with van der Waals surface area (Å²) in [6.07, 6.45) is -2.98. The van der Waals surface area contributed by atoms with Crippen LogP contribution in [-0.4, -0.2) is 81.3 Å². The average molecular weight is 594 g/mol. The van der Waals surface area contributed by atoms with E-state index >= 15 is 0 Å². The van der Waals surface area contributed by atoms with Crippen LogP contribution >= 0.6 is 0 Å². The van der Waals surface area contributed by atoms with Gasteiger partial charge in [0.05, 0.1) is 37.5 Å². The molecule has 0 radical (unpaired) electrons. The number of nitrogens with one attached hydrogen (secondary N) is 1. The number of para-hydroxylation sites is 2. The predicted molar refractivity (Wildman–Crippen MR) is 160 cm³/mol. The number of nitrogens with zero attached hydrogens (tertiary/aromatic N) is 2. The third-order valence-corrected chi connectivity index (χ3v) is 7.23. The van der Waals surface area contributed by atoms with E-state index in [1.807, 2.05) is 72.8 Å². The fourth-order valence-corrected chi connectivity index (χ4v) is 4.97. The number of aromatic nitrogens is 2. The monoisotopic (exact) mass is 593 g/mol. The summed E-state index contributed by atoms with van der Waals surface area (Å²) >= 11 is 0. The normalized spacial score (nSPS) is 20.0. The lowest BCUT2D eigenvalue weighted by atomic mass is 10.1. The Balaban J connectivity index is 1.27. The van der Waals surface area contributed by atoms with E-state index in [1.54, 1.807) is 4.57 Å². The van der Waals surface area contributed by atoms with Crippen LogP contribution in [0.3, 0.4) is 0 Å². The molecule has 4 aromatic rings. The molecule has 1 aromatic heterocycles. The molecular weight excluding hydrogens is 554 g/mol. The lowest BCUT2D eigenvalue weighted by molar-refractivity contribution is -0.0499. The molecule has 0 saturated carbocycles. The molecule has 43 heavy (non-hydrogen) atoms. The summed E-state index contributed by atoms with van der Waals surface area (Å²) in [7, 11) is 0. The van der Waals surface area contributed by atoms with Gasteiger partial charge in [-0.1, -0.05) is 48.5 Å². The van der Waals surface area contributed by atoms with Crippen molar-refractivity contribution in [3.8, 4) is 11.5 Å². The molecule has 1 fully saturated rings. The van der Waals surface area contributed by atoms with Gasteiger partial charge >= 0.3 is 0 Å². The number of hydrogen-bond donors (Lipinski definition) is 5. The van der Waals surface area contributed by atoms with Crippen LogP contribution in [0.4, 0.5) is 5.95 Å². The van der Waals surface area contributed by atoms with Crippen molar-refractivity contribution in [3.63, 3.8) is 0 Å². The van der Waals surface area contributed by atoms with E-state index in [2.05, 4.69) is 5.32 Å². The predicted octanol–water partition coefficient (Wildman–Crippen LogP) is 3.01. The standard InChI is InChI=1S/C32H39N3O8/c36-14-6-7-15-41-27-18-23(12-13-26(27)42-17-16-40-21-22-8-2-1-3-9-22)19-33-32-34-24-10-4-5-11-25(24)35(32)31-30(39)29(38)28(20-37)43-31/h1-5,8-13,18,28-31,36-39H,6-7,14-17,19-21H2,(H,33,34)/t28-,29-,30-,31-/m1/s1. The molecule has 3 aromatic carbocycles. The van der Waals surface area contributed by atoms with Gasteiger partial charge in [0, 0.05) is 13.2 Å². The molecule has 4 atom stereocenters. The first-order valence-electron chi connectivity index (χ1n) is 14.5. The maximum Gasteiger partial charge on any atom is 0.206 e. The topological polar surface area (TPSA) is 148 Å². The average Bonchev–Trinajstić information content (AvgIpc) is 3.54. The third-order valence-electron chi connectivity index (χ3n) is 7.23. The lowest BCUT2D eigenvalue weighted by Gasteiger charge is -2.20. The molecule has 2 heterocycles. The number of ether oxygens (including phenoxy) is 4. The zero-order valence-corrected chi connectivity index (χ0v) is 23.9. The van der Waals surface area contributed by atoms with Crippen molar-refractivity contribution in [3.05, 3.63) is 83.9 Å². The molecule has 230 valence electrons. The van der Waals surface area contributed by atoms with Crippen LogP contribution < -0.4 is 14.8 Å². The van der Waals surface area contributed by atoms with Gasteiger partial charge in [-0.3, -0.25) is 4.57 Å². The number of anilines is 1. The Labute approximate surface area is 250 Å². The summed E-state index contributed by atoms with van der Waals surface area (Å²) in [6.45, 7) is 1.76. The number of benzene rings is 3. The zero-order chi connectivity index (χ0) is 30.0. The van der Waals surface area contributed by atoms with Gasteiger partial charge in [0.1, 0.15) is 24.9 Å². The Morgan fingerprint density at radius 2 is 1.60 bits per heavy atom. The maximum atomic E-state index is 10.7. The summed E-state index contributed by atoms with van der Waals surface area (Å²) in [5.41, 5.74) is 3.39. The van der Waals surface area contributed by atoms with E-state index in [0.29, 0.717) is 74.3 Å². The summed E-state index contributed by atoms with van der Waals surface area (Å²) in [5, 5.41) is 43.2. The van der Waals surface area contributed by atoms with E-state index < -0.39 is 31.1 Å². The minimum absolute atomic E-state index is 0.103. The van der Waals surface area contributed by atoms with Crippen LogP contribution in [0.5, 0.6) is 11.5 Å². The van der Waals surface area contributed by atoms with Crippen molar-refractivity contribution < 1.29 is 39.4 Å². The minimum Gasteiger partial charge on any atom is -0.490 e. The molecule has 5 rings (SSSR count). The van der Waals surface area contributed by atoms with Gasteiger partial charge in [-0.2, -0.15) is 0 Å². The van der Waals surface area contributed by atoms with Gasteiger partial charge in [-0.25, -0.2) is 4.98 Å². The highest BCUT2D eigenvalue weighted by Gasteiger charge is 2.44. The maximum absolute atomic E-state index is 10.7. The van der Waals surface area contributed by atoms with Crippen molar-refractivity contribution in [2.45, 2.75) is 50.5 Å². The number of hydrogen-bond acceptors (Lipinski definition) is 10. The Morgan fingerprint density at radius 1 is 0.814 bits per heavy atom. The Morgan fingerprint density at radius 3 is 2.40 bits per heavy atom.